The fraction of sp³-hybridized carbons (Fsp3) is 0.600. The van der Waals surface area contributed by atoms with Gasteiger partial charge in [-0.05, 0) is 36.5 Å². The van der Waals surface area contributed by atoms with E-state index in [0.29, 0.717) is 5.92 Å². The van der Waals surface area contributed by atoms with E-state index in [4.69, 9.17) is 4.74 Å². The normalized spacial score (nSPS) is 10.8. The van der Waals surface area contributed by atoms with E-state index in [1.807, 2.05) is 0 Å². The molecule has 0 heterocycles. The molecule has 1 nitrogen and oxygen atoms in total. The highest BCUT2D eigenvalue weighted by molar-refractivity contribution is 5.36. The lowest BCUT2D eigenvalue weighted by Crippen LogP contribution is -2.10. The van der Waals surface area contributed by atoms with Crippen LogP contribution in [0.1, 0.15) is 44.7 Å². The topological polar surface area (TPSA) is 9.23 Å². The minimum atomic E-state index is 0.685. The monoisotopic (exact) mass is 220 g/mol. The van der Waals surface area contributed by atoms with E-state index in [-0.39, 0.29) is 0 Å². The molecule has 1 heteroatoms. The predicted molar refractivity (Wildman–Crippen MR) is 70.1 cm³/mol. The molecule has 0 aliphatic heterocycles. The van der Waals surface area contributed by atoms with Crippen molar-refractivity contribution in [2.45, 2.75) is 47.0 Å². The second-order valence-electron chi connectivity index (χ2n) is 4.45. The predicted octanol–water partition coefficient (Wildman–Crippen LogP) is 4.37. The van der Waals surface area contributed by atoms with E-state index in [9.17, 15) is 0 Å². The van der Waals surface area contributed by atoms with Crippen LogP contribution in [0, 0.1) is 12.8 Å². The number of ether oxygens (including phenoxy) is 1. The molecule has 1 rings (SSSR count). The van der Waals surface area contributed by atoms with Crippen molar-refractivity contribution in [3.8, 4) is 5.75 Å². The summed E-state index contributed by atoms with van der Waals surface area (Å²) in [5, 5.41) is 0. The van der Waals surface area contributed by atoms with Gasteiger partial charge in [0.25, 0.3) is 0 Å². The van der Waals surface area contributed by atoms with Gasteiger partial charge in [0.1, 0.15) is 5.75 Å². The van der Waals surface area contributed by atoms with Crippen LogP contribution in [0.5, 0.6) is 5.75 Å². The van der Waals surface area contributed by atoms with Crippen LogP contribution in [0.4, 0.5) is 0 Å². The third-order valence-electron chi connectivity index (χ3n) is 3.29. The molecule has 1 aromatic carbocycles. The van der Waals surface area contributed by atoms with E-state index in [2.05, 4.69) is 45.9 Å². The summed E-state index contributed by atoms with van der Waals surface area (Å²) in [4.78, 5) is 0. The van der Waals surface area contributed by atoms with Crippen LogP contribution in [-0.2, 0) is 6.42 Å². The Morgan fingerprint density at radius 1 is 1.12 bits per heavy atom. The SMILES string of the molecule is CCc1ccc(C)c(OCC(CC)CC)c1. The molecule has 0 fully saturated rings. The largest absolute Gasteiger partial charge is 0.493 e. The molecule has 0 amide bonds. The van der Waals surface area contributed by atoms with Gasteiger partial charge in [0.15, 0.2) is 0 Å². The van der Waals surface area contributed by atoms with Gasteiger partial charge in [-0.1, -0.05) is 45.7 Å². The van der Waals surface area contributed by atoms with E-state index >= 15 is 0 Å². The second-order valence-corrected chi connectivity index (χ2v) is 4.45. The van der Waals surface area contributed by atoms with Crippen molar-refractivity contribution < 1.29 is 4.74 Å². The van der Waals surface area contributed by atoms with E-state index < -0.39 is 0 Å². The molecule has 0 unspecified atom stereocenters. The summed E-state index contributed by atoms with van der Waals surface area (Å²) in [6.45, 7) is 9.59. The maximum atomic E-state index is 5.92. The average Bonchev–Trinajstić information content (AvgIpc) is 2.32. The maximum absolute atomic E-state index is 5.92. The van der Waals surface area contributed by atoms with Gasteiger partial charge in [-0.3, -0.25) is 0 Å². The van der Waals surface area contributed by atoms with Gasteiger partial charge >= 0.3 is 0 Å². The van der Waals surface area contributed by atoms with E-state index in [1.165, 1.54) is 24.0 Å². The molecule has 1 aromatic rings. The van der Waals surface area contributed by atoms with Gasteiger partial charge < -0.3 is 4.74 Å². The molecule has 0 aromatic heterocycles. The highest BCUT2D eigenvalue weighted by atomic mass is 16.5. The number of aryl methyl sites for hydroxylation is 2. The lowest BCUT2D eigenvalue weighted by atomic mass is 10.1. The van der Waals surface area contributed by atoms with Gasteiger partial charge in [-0.25, -0.2) is 0 Å². The number of hydrogen-bond acceptors (Lipinski definition) is 1. The maximum Gasteiger partial charge on any atom is 0.122 e. The Morgan fingerprint density at radius 3 is 2.38 bits per heavy atom. The molecule has 0 atom stereocenters. The molecule has 0 radical (unpaired) electrons. The Kier molecular flexibility index (Phi) is 5.37. The summed E-state index contributed by atoms with van der Waals surface area (Å²) in [5.74, 6) is 1.75. The Morgan fingerprint density at radius 2 is 1.81 bits per heavy atom. The summed E-state index contributed by atoms with van der Waals surface area (Å²) < 4.78 is 5.92. The number of hydrogen-bond donors (Lipinski definition) is 0. The molecule has 0 aliphatic carbocycles. The van der Waals surface area contributed by atoms with Crippen LogP contribution in [0.25, 0.3) is 0 Å². The Balaban J connectivity index is 2.65. The first-order chi connectivity index (χ1) is 7.71. The Labute approximate surface area is 99.8 Å². The molecule has 0 bridgehead atoms. The summed E-state index contributed by atoms with van der Waals surface area (Å²) in [6, 6.07) is 6.51. The fourth-order valence-electron chi connectivity index (χ4n) is 1.75. The van der Waals surface area contributed by atoms with Crippen molar-refractivity contribution in [2.24, 2.45) is 5.92 Å². The minimum Gasteiger partial charge on any atom is -0.493 e. The third kappa shape index (κ3) is 3.55. The van der Waals surface area contributed by atoms with Crippen molar-refractivity contribution in [3.63, 3.8) is 0 Å². The van der Waals surface area contributed by atoms with E-state index in [1.54, 1.807) is 0 Å². The summed E-state index contributed by atoms with van der Waals surface area (Å²) in [5.41, 5.74) is 2.59. The molecule has 0 spiro atoms. The second kappa shape index (κ2) is 6.57. The molecule has 0 saturated heterocycles. The van der Waals surface area contributed by atoms with Crippen molar-refractivity contribution in [2.75, 3.05) is 6.61 Å². The average molecular weight is 220 g/mol. The molecule has 0 saturated carbocycles. The molecule has 0 N–H and O–H groups in total. The zero-order valence-corrected chi connectivity index (χ0v) is 11.0. The van der Waals surface area contributed by atoms with E-state index in [0.717, 1.165) is 18.8 Å². The van der Waals surface area contributed by atoms with Gasteiger partial charge in [0.05, 0.1) is 6.61 Å². The van der Waals surface area contributed by atoms with Crippen molar-refractivity contribution in [1.29, 1.82) is 0 Å². The highest BCUT2D eigenvalue weighted by Gasteiger charge is 2.06. The fourth-order valence-corrected chi connectivity index (χ4v) is 1.75. The van der Waals surface area contributed by atoms with Crippen LogP contribution in [0.3, 0.4) is 0 Å². The smallest absolute Gasteiger partial charge is 0.122 e. The van der Waals surface area contributed by atoms with Crippen LogP contribution < -0.4 is 4.74 Å². The highest BCUT2D eigenvalue weighted by Crippen LogP contribution is 2.21. The van der Waals surface area contributed by atoms with Crippen molar-refractivity contribution >= 4 is 0 Å². The van der Waals surface area contributed by atoms with Crippen LogP contribution in [-0.4, -0.2) is 6.61 Å². The first kappa shape index (κ1) is 13.1. The van der Waals surface area contributed by atoms with Crippen molar-refractivity contribution in [3.05, 3.63) is 29.3 Å². The lowest BCUT2D eigenvalue weighted by Gasteiger charge is -2.15. The summed E-state index contributed by atoms with van der Waals surface area (Å²) >= 11 is 0. The number of benzene rings is 1. The van der Waals surface area contributed by atoms with Gasteiger partial charge in [0.2, 0.25) is 0 Å². The van der Waals surface area contributed by atoms with Gasteiger partial charge in [0, 0.05) is 0 Å². The quantitative estimate of drug-likeness (QED) is 0.691. The molecule has 90 valence electrons. The molecular formula is C15H24O. The summed E-state index contributed by atoms with van der Waals surface area (Å²) in [7, 11) is 0. The summed E-state index contributed by atoms with van der Waals surface area (Å²) in [6.07, 6.45) is 3.47. The Hall–Kier alpha value is -0.980. The van der Waals surface area contributed by atoms with Crippen LogP contribution in [0.2, 0.25) is 0 Å². The first-order valence-electron chi connectivity index (χ1n) is 6.43. The molecular weight excluding hydrogens is 196 g/mol. The first-order valence-corrected chi connectivity index (χ1v) is 6.43. The zero-order valence-electron chi connectivity index (χ0n) is 11.0. The van der Waals surface area contributed by atoms with Crippen LogP contribution >= 0.6 is 0 Å². The standard InChI is InChI=1S/C15H24O/c1-5-13(6-2)11-16-15-10-14(7-3)9-8-12(15)4/h8-10,13H,5-7,11H2,1-4H3. The third-order valence-corrected chi connectivity index (χ3v) is 3.29. The Bertz CT molecular complexity index is 313. The number of rotatable bonds is 6. The van der Waals surface area contributed by atoms with Crippen molar-refractivity contribution in [1.82, 2.24) is 0 Å². The zero-order chi connectivity index (χ0) is 12.0. The molecule has 16 heavy (non-hydrogen) atoms. The minimum absolute atomic E-state index is 0.685. The van der Waals surface area contributed by atoms with Gasteiger partial charge in [-0.15, -0.1) is 0 Å². The lowest BCUT2D eigenvalue weighted by molar-refractivity contribution is 0.239. The van der Waals surface area contributed by atoms with Crippen LogP contribution in [0.15, 0.2) is 18.2 Å². The van der Waals surface area contributed by atoms with Gasteiger partial charge in [-0.2, -0.15) is 0 Å². The molecule has 0 aliphatic rings.